The summed E-state index contributed by atoms with van der Waals surface area (Å²) in [6, 6.07) is 15.0. The number of nitrogens with two attached hydrogens (primary N) is 1. The Morgan fingerprint density at radius 3 is 2.20 bits per heavy atom. The topological polar surface area (TPSA) is 106 Å². The first-order valence-corrected chi connectivity index (χ1v) is 18.3. The van der Waals surface area contributed by atoms with Crippen molar-refractivity contribution in [3.05, 3.63) is 59.7 Å². The molecule has 0 heterocycles. The van der Waals surface area contributed by atoms with Crippen molar-refractivity contribution in [3.8, 4) is 5.75 Å². The third-order valence-electron chi connectivity index (χ3n) is 6.72. The van der Waals surface area contributed by atoms with Crippen LogP contribution >= 0.6 is 39.9 Å². The lowest BCUT2D eigenvalue weighted by molar-refractivity contribution is 0.0237. The van der Waals surface area contributed by atoms with Crippen LogP contribution in [0.3, 0.4) is 0 Å². The molecular formula is C35H53BrN4O4S2. The van der Waals surface area contributed by atoms with Crippen LogP contribution in [0.5, 0.6) is 5.75 Å². The predicted molar refractivity (Wildman–Crippen MR) is 203 cm³/mol. The number of rotatable bonds is 14. The third kappa shape index (κ3) is 17.3. The second-order valence-electron chi connectivity index (χ2n) is 12.3. The Kier molecular flexibility index (Phi) is 19.2. The van der Waals surface area contributed by atoms with E-state index in [1.54, 1.807) is 16.7 Å². The lowest BCUT2D eigenvalue weighted by Crippen LogP contribution is -2.38. The molecule has 46 heavy (non-hydrogen) atoms. The van der Waals surface area contributed by atoms with Gasteiger partial charge >= 0.3 is 6.09 Å². The maximum atomic E-state index is 12.2. The third-order valence-corrected chi connectivity index (χ3v) is 8.65. The lowest BCUT2D eigenvalue weighted by Gasteiger charge is -2.28. The number of aliphatic imine (C=N–C) groups is 1. The van der Waals surface area contributed by atoms with Crippen molar-refractivity contribution in [2.75, 3.05) is 36.1 Å². The number of nitrogens with zero attached hydrogens (tertiary/aromatic N) is 2. The standard InChI is InChI=1S/C26H44N4O3S2.C9H9BrO/c1-8-15-26(7,16-9-2)19-35-22(27)29-23(34)28-20-11-13-21(14-12-20)32-18-17-30(10-3)24(31)33-25(4,5)6;1-7-3-2-4-8(5-7)9(11)6-10/h11-14H,8-10,15-19H2,1-7H3,(H3,27,28,29,34);2-5H,6H2,1H3. The van der Waals surface area contributed by atoms with Crippen LogP contribution in [0.1, 0.15) is 90.1 Å². The number of ether oxygens (including phenoxy) is 2. The van der Waals surface area contributed by atoms with Gasteiger partial charge < -0.3 is 25.4 Å². The summed E-state index contributed by atoms with van der Waals surface area (Å²) in [5, 5.41) is 4.30. The van der Waals surface area contributed by atoms with Gasteiger partial charge in [0.05, 0.1) is 11.9 Å². The number of amides is 1. The molecule has 0 aliphatic carbocycles. The summed E-state index contributed by atoms with van der Waals surface area (Å²) in [6.07, 6.45) is 4.34. The minimum atomic E-state index is -0.521. The van der Waals surface area contributed by atoms with E-state index in [0.717, 1.165) is 35.4 Å². The van der Waals surface area contributed by atoms with Crippen molar-refractivity contribution in [1.29, 1.82) is 0 Å². The van der Waals surface area contributed by atoms with E-state index < -0.39 is 5.60 Å². The number of carbonyl (C=O) groups excluding carboxylic acids is 2. The molecule has 8 nitrogen and oxygen atoms in total. The maximum Gasteiger partial charge on any atom is 0.410 e. The number of thiocarbonyl (C=S) groups is 1. The zero-order chi connectivity index (χ0) is 34.8. The molecule has 0 bridgehead atoms. The van der Waals surface area contributed by atoms with Crippen molar-refractivity contribution in [2.45, 2.75) is 86.7 Å². The summed E-state index contributed by atoms with van der Waals surface area (Å²) in [7, 11) is 0. The second-order valence-corrected chi connectivity index (χ2v) is 14.3. The first-order valence-electron chi connectivity index (χ1n) is 15.8. The minimum absolute atomic E-state index is 0.133. The molecule has 2 rings (SSSR count). The number of thioether (sulfide) groups is 1. The number of nitrogens with one attached hydrogen (secondary N) is 1. The number of anilines is 1. The number of Topliss-reactive ketones (excluding diaryl/α,β-unsaturated/α-hetero) is 1. The number of benzene rings is 2. The van der Waals surface area contributed by atoms with E-state index in [1.807, 2.05) is 83.1 Å². The van der Waals surface area contributed by atoms with E-state index in [4.69, 9.17) is 27.4 Å². The van der Waals surface area contributed by atoms with Gasteiger partial charge in [-0.2, -0.15) is 4.99 Å². The van der Waals surface area contributed by atoms with Gasteiger partial charge in [-0.15, -0.1) is 0 Å². The fourth-order valence-corrected chi connectivity index (χ4v) is 6.06. The van der Waals surface area contributed by atoms with Gasteiger partial charge in [0.1, 0.15) is 18.0 Å². The molecule has 1 amide bonds. The van der Waals surface area contributed by atoms with Gasteiger partial charge in [-0.1, -0.05) is 85.1 Å². The lowest BCUT2D eigenvalue weighted by atomic mass is 9.83. The molecule has 0 spiro atoms. The Labute approximate surface area is 294 Å². The van der Waals surface area contributed by atoms with Crippen molar-refractivity contribution in [1.82, 2.24) is 4.90 Å². The van der Waals surface area contributed by atoms with E-state index in [1.165, 1.54) is 12.8 Å². The Bertz CT molecular complexity index is 1260. The average molecular weight is 738 g/mol. The van der Waals surface area contributed by atoms with E-state index in [2.05, 4.69) is 47.0 Å². The number of alkyl halides is 1. The van der Waals surface area contributed by atoms with Crippen molar-refractivity contribution in [2.24, 2.45) is 16.1 Å². The predicted octanol–water partition coefficient (Wildman–Crippen LogP) is 9.25. The molecule has 0 unspecified atom stereocenters. The summed E-state index contributed by atoms with van der Waals surface area (Å²) >= 11 is 10.0. The summed E-state index contributed by atoms with van der Waals surface area (Å²) in [5.74, 6) is 1.77. The minimum Gasteiger partial charge on any atom is -0.492 e. The molecule has 256 valence electrons. The van der Waals surface area contributed by atoms with Crippen molar-refractivity contribution in [3.63, 3.8) is 0 Å². The molecule has 0 atom stereocenters. The number of carbonyl (C=O) groups is 2. The van der Waals surface area contributed by atoms with Crippen LogP contribution in [-0.4, -0.2) is 63.4 Å². The van der Waals surface area contributed by atoms with Gasteiger partial charge in [0.25, 0.3) is 0 Å². The fraction of sp³-hybridized carbons (Fsp3) is 0.543. The van der Waals surface area contributed by atoms with Crippen LogP contribution in [-0.2, 0) is 4.74 Å². The molecular weight excluding hydrogens is 684 g/mol. The SMILES string of the molecule is CCCC(C)(CCC)CS/C(N)=N/C(=S)Nc1ccc(OCCN(CC)C(=O)OC(C)(C)C)cc1.Cc1cccc(C(=O)CBr)c1. The van der Waals surface area contributed by atoms with Gasteiger partial charge in [0, 0.05) is 23.5 Å². The molecule has 0 fully saturated rings. The van der Waals surface area contributed by atoms with Crippen LogP contribution in [0.15, 0.2) is 53.5 Å². The number of likely N-dealkylation sites (N-methyl/N-ethyl adjacent to an activating group) is 1. The van der Waals surface area contributed by atoms with Gasteiger partial charge in [-0.25, -0.2) is 4.79 Å². The zero-order valence-corrected chi connectivity index (χ0v) is 32.0. The highest BCUT2D eigenvalue weighted by atomic mass is 79.9. The molecule has 0 aliphatic rings. The van der Waals surface area contributed by atoms with Crippen molar-refractivity contribution >= 4 is 67.8 Å². The molecule has 0 radical (unpaired) electrons. The summed E-state index contributed by atoms with van der Waals surface area (Å²) in [6.45, 7) is 17.6. The maximum absolute atomic E-state index is 12.2. The summed E-state index contributed by atoms with van der Waals surface area (Å²) < 4.78 is 11.2. The monoisotopic (exact) mass is 736 g/mol. The Balaban J connectivity index is 0.000000804. The van der Waals surface area contributed by atoms with Gasteiger partial charge in [-0.05, 0) is 95.4 Å². The van der Waals surface area contributed by atoms with E-state index in [0.29, 0.717) is 41.1 Å². The number of halogens is 1. The van der Waals surface area contributed by atoms with Crippen LogP contribution in [0.4, 0.5) is 10.5 Å². The first kappa shape index (κ1) is 41.4. The summed E-state index contributed by atoms with van der Waals surface area (Å²) in [5.41, 5.74) is 8.57. The van der Waals surface area contributed by atoms with Gasteiger partial charge in [0.2, 0.25) is 0 Å². The summed E-state index contributed by atoms with van der Waals surface area (Å²) in [4.78, 5) is 29.3. The molecule has 11 heteroatoms. The largest absolute Gasteiger partial charge is 0.492 e. The van der Waals surface area contributed by atoms with Gasteiger partial charge in [0.15, 0.2) is 16.1 Å². The van der Waals surface area contributed by atoms with E-state index >= 15 is 0 Å². The quantitative estimate of drug-likeness (QED) is 0.0650. The molecule has 2 aromatic rings. The molecule has 0 saturated heterocycles. The van der Waals surface area contributed by atoms with E-state index in [-0.39, 0.29) is 17.3 Å². The fourth-order valence-electron chi connectivity index (χ4n) is 4.52. The number of hydrogen-bond acceptors (Lipinski definition) is 6. The van der Waals surface area contributed by atoms with Gasteiger partial charge in [-0.3, -0.25) is 4.79 Å². The smallest absolute Gasteiger partial charge is 0.410 e. The molecule has 2 aromatic carbocycles. The number of aryl methyl sites for hydroxylation is 1. The highest BCUT2D eigenvalue weighted by Crippen LogP contribution is 2.33. The Hall–Kier alpha value is -2.63. The molecule has 3 N–H and O–H groups in total. The highest BCUT2D eigenvalue weighted by Gasteiger charge is 2.23. The second kappa shape index (κ2) is 21.3. The Morgan fingerprint density at radius 2 is 1.67 bits per heavy atom. The van der Waals surface area contributed by atoms with Crippen LogP contribution < -0.4 is 15.8 Å². The Morgan fingerprint density at radius 1 is 1.04 bits per heavy atom. The zero-order valence-electron chi connectivity index (χ0n) is 28.8. The number of amidine groups is 1. The number of ketones is 1. The highest BCUT2D eigenvalue weighted by molar-refractivity contribution is 9.09. The van der Waals surface area contributed by atoms with E-state index in [9.17, 15) is 9.59 Å². The van der Waals surface area contributed by atoms with Crippen LogP contribution in [0.2, 0.25) is 0 Å². The molecule has 0 saturated carbocycles. The molecule has 0 aromatic heterocycles. The van der Waals surface area contributed by atoms with Crippen LogP contribution in [0, 0.1) is 12.3 Å². The first-order chi connectivity index (χ1) is 21.6. The normalized spacial score (nSPS) is 11.6. The average Bonchev–Trinajstić information content (AvgIpc) is 2.98. The number of hydrogen-bond donors (Lipinski definition) is 2. The molecule has 0 aliphatic heterocycles. The van der Waals surface area contributed by atoms with Crippen molar-refractivity contribution < 1.29 is 19.1 Å². The van der Waals surface area contributed by atoms with Crippen LogP contribution in [0.25, 0.3) is 0 Å².